The van der Waals surface area contributed by atoms with Gasteiger partial charge in [0.25, 0.3) is 6.71 Å². The van der Waals surface area contributed by atoms with Crippen LogP contribution in [0.15, 0.2) is 327 Å². The van der Waals surface area contributed by atoms with E-state index in [-0.39, 0.29) is 73.6 Å². The van der Waals surface area contributed by atoms with E-state index >= 15 is 0 Å². The molecule has 0 amide bonds. The smallest absolute Gasteiger partial charge is 0.252 e. The van der Waals surface area contributed by atoms with Crippen LogP contribution in [-0.4, -0.2) is 11.3 Å². The Morgan fingerprint density at radius 1 is 0.288 bits per heavy atom. The van der Waals surface area contributed by atoms with Crippen molar-refractivity contribution in [2.24, 2.45) is 0 Å². The van der Waals surface area contributed by atoms with Gasteiger partial charge in [0.2, 0.25) is 0 Å². The Balaban J connectivity index is 1.00. The van der Waals surface area contributed by atoms with Crippen molar-refractivity contribution >= 4 is 79.0 Å². The summed E-state index contributed by atoms with van der Waals surface area (Å²) < 4.78 is 128. The first kappa shape index (κ1) is 55.2. The normalized spacial score (nSPS) is 15.4. The van der Waals surface area contributed by atoms with Gasteiger partial charge >= 0.3 is 0 Å². The molecule has 0 bridgehead atoms. The summed E-state index contributed by atoms with van der Waals surface area (Å²) in [5.74, 6) is 0. The fourth-order valence-electron chi connectivity index (χ4n) is 18.4. The molecule has 0 saturated heterocycles. The Hall–Kier alpha value is -12.2. The van der Waals surface area contributed by atoms with Gasteiger partial charge in [-0.2, -0.15) is 0 Å². The molecule has 0 radical (unpaired) electrons. The summed E-state index contributed by atoms with van der Waals surface area (Å²) in [6, 6.07) is 82.8. The van der Waals surface area contributed by atoms with Crippen molar-refractivity contribution in [3.05, 3.63) is 372 Å². The van der Waals surface area contributed by atoms with Crippen LogP contribution in [0.1, 0.15) is 145 Å². The van der Waals surface area contributed by atoms with Crippen LogP contribution in [0.25, 0.3) is 105 Å². The number of hydrogen-bond donors (Lipinski definition) is 0. The van der Waals surface area contributed by atoms with E-state index in [4.69, 9.17) is 1.37 Å². The van der Waals surface area contributed by atoms with Crippen LogP contribution in [0.5, 0.6) is 0 Å². The lowest BCUT2D eigenvalue weighted by atomic mass is 9.33. The molecule has 2 aliphatic carbocycles. The summed E-state index contributed by atoms with van der Waals surface area (Å²) in [6.45, 7) is 26.3. The van der Waals surface area contributed by atoms with Crippen molar-refractivity contribution < 1.29 is 17.8 Å². The molecule has 1 aromatic heterocycles. The summed E-state index contributed by atoms with van der Waals surface area (Å²) in [5, 5.41) is 2.16. The number of fused-ring (bicyclic) bond motifs is 17. The van der Waals surface area contributed by atoms with Crippen LogP contribution in [0, 0.1) is 0 Å². The molecule has 2 aliphatic heterocycles. The molecule has 20 rings (SSSR count). The van der Waals surface area contributed by atoms with Crippen LogP contribution in [0.2, 0.25) is 0 Å². The van der Waals surface area contributed by atoms with E-state index in [0.29, 0.717) is 33.5 Å². The second-order valence-electron chi connectivity index (χ2n) is 34.6. The summed E-state index contributed by atoms with van der Waals surface area (Å²) in [5.41, 5.74) is 22.5. The van der Waals surface area contributed by atoms with Crippen molar-refractivity contribution in [1.82, 2.24) is 4.57 Å². The number of nitrogens with zero attached hydrogens (tertiary/aromatic N) is 3. The third-order valence-electron chi connectivity index (χ3n) is 23.9. The van der Waals surface area contributed by atoms with Gasteiger partial charge < -0.3 is 14.4 Å². The van der Waals surface area contributed by atoms with Crippen LogP contribution < -0.4 is 26.2 Å². The van der Waals surface area contributed by atoms with Gasteiger partial charge in [0.05, 0.1) is 51.3 Å². The highest BCUT2D eigenvalue weighted by molar-refractivity contribution is 7.00. The van der Waals surface area contributed by atoms with Crippen LogP contribution in [-0.2, 0) is 27.1 Å². The minimum absolute atomic E-state index is 0.0240. The van der Waals surface area contributed by atoms with E-state index in [9.17, 15) is 16.4 Å². The predicted molar refractivity (Wildman–Crippen MR) is 473 cm³/mol. The predicted octanol–water partition coefficient (Wildman–Crippen LogP) is 26.7. The molecule has 536 valence electrons. The van der Waals surface area contributed by atoms with E-state index in [1.165, 1.54) is 0 Å². The van der Waals surface area contributed by atoms with Crippen molar-refractivity contribution in [1.29, 1.82) is 0 Å². The molecule has 3 nitrogen and oxygen atoms in total. The number of aromatic nitrogens is 1. The monoisotopic (exact) mass is 1440 g/mol. The summed E-state index contributed by atoms with van der Waals surface area (Å²) in [6.07, 6.45) is 0. The van der Waals surface area contributed by atoms with E-state index in [2.05, 4.69) is 286 Å². The second-order valence-corrected chi connectivity index (χ2v) is 34.6. The van der Waals surface area contributed by atoms with Crippen LogP contribution in [0.4, 0.5) is 34.1 Å². The lowest BCUT2D eigenvalue weighted by Crippen LogP contribution is -2.61. The van der Waals surface area contributed by atoms with Crippen molar-refractivity contribution in [3.63, 3.8) is 0 Å². The lowest BCUT2D eigenvalue weighted by molar-refractivity contribution is 0.590. The fraction of sp³-hybridized carbons (Fsp3) is 0.159. The molecule has 15 aromatic carbocycles. The molecule has 0 N–H and O–H groups in total. The Bertz CT molecular complexity index is 7100. The Kier molecular flexibility index (Phi) is 12.4. The zero-order valence-electron chi connectivity index (χ0n) is 77.6. The zero-order chi connectivity index (χ0) is 87.1. The summed E-state index contributed by atoms with van der Waals surface area (Å²) in [7, 11) is 0. The van der Waals surface area contributed by atoms with E-state index in [0.717, 1.165) is 139 Å². The third-order valence-corrected chi connectivity index (χ3v) is 23.9. The van der Waals surface area contributed by atoms with Crippen molar-refractivity contribution in [3.8, 4) is 83.6 Å². The third kappa shape index (κ3) is 10.5. The number of benzene rings is 15. The molecule has 111 heavy (non-hydrogen) atoms. The first-order chi connectivity index (χ1) is 59.0. The van der Waals surface area contributed by atoms with Crippen molar-refractivity contribution in [2.75, 3.05) is 9.80 Å². The van der Waals surface area contributed by atoms with Gasteiger partial charge in [-0.1, -0.05) is 350 Å². The van der Waals surface area contributed by atoms with Gasteiger partial charge in [-0.05, 0) is 204 Å². The Labute approximate surface area is 673 Å². The molecular weight excluding hydrogens is 1340 g/mol. The van der Waals surface area contributed by atoms with E-state index in [1.807, 2.05) is 60.7 Å². The van der Waals surface area contributed by atoms with Crippen LogP contribution >= 0.6 is 0 Å². The first-order valence-corrected chi connectivity index (χ1v) is 38.7. The average Bonchev–Trinajstić information content (AvgIpc) is 1.47. The SMILES string of the molecule is [2H]c1c([2H])c([2H])c(-c2ccc3c(c2)N(c2ccc(C(C)(C)C)cc2-c2ccccc2)c2cc(-n4c5cc(C(C)(C)C)ccc5c5ccc(C(C)(C)C)cc54)cc4c2B3c2cc(-c3cccc5c3C3(c6ccccc6-5)c5c([2H])c([2H])c([2H])c([2H])c5-c5c([2H])c([2H])c([2H])c([2H])c53)ccc2N4c2c(-c3ccccc3)cc(C(C)(C)C)cc2-c2ccccc2)c([2H])c1[2H]. The topological polar surface area (TPSA) is 11.4 Å². The highest BCUT2D eigenvalue weighted by Crippen LogP contribution is 2.65. The van der Waals surface area contributed by atoms with E-state index in [1.54, 1.807) is 0 Å². The maximum Gasteiger partial charge on any atom is 0.252 e. The second kappa shape index (κ2) is 24.9. The maximum absolute atomic E-state index is 10.3. The number of anilines is 6. The van der Waals surface area contributed by atoms with Crippen LogP contribution in [0.3, 0.4) is 0 Å². The van der Waals surface area contributed by atoms with Gasteiger partial charge in [0, 0.05) is 50.2 Å². The molecule has 0 saturated carbocycles. The molecule has 4 heteroatoms. The van der Waals surface area contributed by atoms with Gasteiger partial charge in [0.1, 0.15) is 0 Å². The number of hydrogen-bond acceptors (Lipinski definition) is 2. The van der Waals surface area contributed by atoms with Gasteiger partial charge in [-0.3, -0.25) is 0 Å². The molecule has 3 heterocycles. The lowest BCUT2D eigenvalue weighted by Gasteiger charge is -2.46. The average molecular weight is 1440 g/mol. The van der Waals surface area contributed by atoms with E-state index < -0.39 is 66.5 Å². The minimum Gasteiger partial charge on any atom is -0.311 e. The minimum atomic E-state index is -1.76. The van der Waals surface area contributed by atoms with Gasteiger partial charge in [-0.25, -0.2) is 0 Å². The van der Waals surface area contributed by atoms with Crippen molar-refractivity contribution in [2.45, 2.75) is 110 Å². The molecule has 1 spiro atoms. The Morgan fingerprint density at radius 3 is 1.35 bits per heavy atom. The number of rotatable bonds is 8. The highest BCUT2D eigenvalue weighted by Gasteiger charge is 2.53. The first-order valence-electron chi connectivity index (χ1n) is 45.2. The molecule has 0 atom stereocenters. The largest absolute Gasteiger partial charge is 0.311 e. The molecule has 0 fully saturated rings. The van der Waals surface area contributed by atoms with Gasteiger partial charge in [-0.15, -0.1) is 0 Å². The highest BCUT2D eigenvalue weighted by atomic mass is 15.2. The summed E-state index contributed by atoms with van der Waals surface area (Å²) >= 11 is 0. The molecule has 16 aromatic rings. The molecular formula is C107H90BN3. The maximum atomic E-state index is 10.3. The zero-order valence-corrected chi connectivity index (χ0v) is 64.6. The quantitative estimate of drug-likeness (QED) is 0.141. The molecule has 0 unspecified atom stereocenters. The molecule has 4 aliphatic rings. The standard InChI is InChI=1S/C107H90BN3/c1-103(2,3)73-52-57-93(85(60-73)68-34-19-14-20-35-68)110-97-59-71(67-32-17-13-18-33-67)48-55-91(97)108-92-58-72(78-43-31-44-84-81-42-27-30-47-90(81)107(100(78)84)88-45-28-25-40-79(88)80-41-26-29-46-89(80)107)49-56-94(92)111(102-86(69-36-21-15-22-37-69)61-76(106(10,11)12)62-87(102)70-38-23-16-24-39-70)99-66-77(65-98(110)101(99)108)109-95-63-74(104(4,5)6)50-53-82(95)83-54-51-75(64-96(83)109)105(7,8)9/h13-66H,1-12H3/i13D,17D,18D,25D,26D,28D,29D,32D,33D,40D,41D,45D,46D. The van der Waals surface area contributed by atoms with Gasteiger partial charge in [0.15, 0.2) is 0 Å². The summed E-state index contributed by atoms with van der Waals surface area (Å²) in [4.78, 5) is 4.89. The Morgan fingerprint density at radius 2 is 0.766 bits per heavy atom. The fourth-order valence-corrected chi connectivity index (χ4v) is 18.4.